The van der Waals surface area contributed by atoms with Gasteiger partial charge >= 0.3 is 0 Å². The van der Waals surface area contributed by atoms with Crippen molar-refractivity contribution in [3.05, 3.63) is 53.9 Å². The number of carbonyl (C=O) groups is 3. The molecule has 0 N–H and O–H groups in total. The van der Waals surface area contributed by atoms with E-state index in [0.717, 1.165) is 0 Å². The van der Waals surface area contributed by atoms with Crippen LogP contribution < -0.4 is 0 Å². The van der Waals surface area contributed by atoms with Gasteiger partial charge in [-0.3, -0.25) is 14.4 Å². The largest absolute Gasteiger partial charge is 0.285 e. The maximum absolute atomic E-state index is 11.9. The number of ketones is 3. The van der Waals surface area contributed by atoms with Gasteiger partial charge in [-0.05, 0) is 37.5 Å². The molecule has 0 aliphatic heterocycles. The molecule has 1 rings (SSSR count). The second kappa shape index (κ2) is 6.13. The fourth-order valence-corrected chi connectivity index (χ4v) is 1.25. The summed E-state index contributed by atoms with van der Waals surface area (Å²) in [6.07, 6.45) is 0. The van der Waals surface area contributed by atoms with Gasteiger partial charge in [0.25, 0.3) is 0 Å². The van der Waals surface area contributed by atoms with Gasteiger partial charge in [-0.1, -0.05) is 19.7 Å². The highest BCUT2D eigenvalue weighted by Gasteiger charge is 2.21. The summed E-state index contributed by atoms with van der Waals surface area (Å²) < 4.78 is 0. The van der Waals surface area contributed by atoms with Gasteiger partial charge in [-0.2, -0.15) is 0 Å². The van der Waals surface area contributed by atoms with E-state index in [4.69, 9.17) is 0 Å². The van der Waals surface area contributed by atoms with Gasteiger partial charge in [0.1, 0.15) is 0 Å². The van der Waals surface area contributed by atoms with E-state index in [2.05, 4.69) is 34.7 Å². The van der Waals surface area contributed by atoms with Gasteiger partial charge in [0.2, 0.25) is 34.8 Å². The first-order chi connectivity index (χ1) is 9.65. The van der Waals surface area contributed by atoms with Crippen LogP contribution in [0.3, 0.4) is 0 Å². The fraction of sp³-hybridized carbons (Fsp3) is 0.200. The van der Waals surface area contributed by atoms with Crippen LogP contribution in [-0.4, -0.2) is 32.3 Å². The Morgan fingerprint density at radius 2 is 0.810 bits per heavy atom. The van der Waals surface area contributed by atoms with Gasteiger partial charge in [0.05, 0.1) is 0 Å². The van der Waals surface area contributed by atoms with Crippen LogP contribution in [0.15, 0.2) is 36.5 Å². The number of Topliss-reactive ketones (excluding diaryl/α,β-unsaturated/α-hetero) is 3. The van der Waals surface area contributed by atoms with E-state index in [9.17, 15) is 14.4 Å². The smallest absolute Gasteiger partial charge is 0.225 e. The van der Waals surface area contributed by atoms with E-state index in [-0.39, 0.29) is 34.2 Å². The third kappa shape index (κ3) is 3.62. The normalized spacial score (nSPS) is 9.86. The second-order valence-electron chi connectivity index (χ2n) is 4.63. The van der Waals surface area contributed by atoms with Crippen molar-refractivity contribution in [3.63, 3.8) is 0 Å². The fourth-order valence-electron chi connectivity index (χ4n) is 1.25. The SMILES string of the molecule is C=C(C)C(=O)c1nc(C(=O)C(=C)C)nc(C(=O)C(=C)C)n1. The van der Waals surface area contributed by atoms with Crippen LogP contribution in [0.4, 0.5) is 0 Å². The number of rotatable bonds is 6. The van der Waals surface area contributed by atoms with Crippen molar-refractivity contribution in [1.29, 1.82) is 0 Å². The molecule has 1 aromatic heterocycles. The monoisotopic (exact) mass is 285 g/mol. The summed E-state index contributed by atoms with van der Waals surface area (Å²) in [6, 6.07) is 0. The van der Waals surface area contributed by atoms with Crippen LogP contribution in [0.25, 0.3) is 0 Å². The van der Waals surface area contributed by atoms with E-state index >= 15 is 0 Å². The highest BCUT2D eigenvalue weighted by molar-refractivity contribution is 6.10. The lowest BCUT2D eigenvalue weighted by atomic mass is 10.1. The van der Waals surface area contributed by atoms with Crippen LogP contribution in [0.2, 0.25) is 0 Å². The van der Waals surface area contributed by atoms with E-state index in [1.54, 1.807) is 0 Å². The predicted octanol–water partition coefficient (Wildman–Crippen LogP) is 2.15. The van der Waals surface area contributed by atoms with Crippen LogP contribution in [0.5, 0.6) is 0 Å². The molecule has 0 unspecified atom stereocenters. The number of hydrogen-bond donors (Lipinski definition) is 0. The van der Waals surface area contributed by atoms with Crippen LogP contribution >= 0.6 is 0 Å². The summed E-state index contributed by atoms with van der Waals surface area (Å²) in [6.45, 7) is 14.9. The average molecular weight is 285 g/mol. The lowest BCUT2D eigenvalue weighted by molar-refractivity contribution is 0.101. The minimum absolute atomic E-state index is 0.184. The van der Waals surface area contributed by atoms with Crippen LogP contribution in [0.1, 0.15) is 52.6 Å². The van der Waals surface area contributed by atoms with E-state index in [1.165, 1.54) is 20.8 Å². The summed E-state index contributed by atoms with van der Waals surface area (Å²) in [5.41, 5.74) is 0.552. The Morgan fingerprint density at radius 3 is 0.952 bits per heavy atom. The standard InChI is InChI=1S/C15H15N3O3/c1-7(2)10(19)13-16-14(11(20)8(3)4)18-15(17-13)12(21)9(5)6/h1,3,5H2,2,4,6H3. The molecule has 1 aromatic rings. The van der Waals surface area contributed by atoms with Crippen molar-refractivity contribution in [2.75, 3.05) is 0 Å². The molecular weight excluding hydrogens is 270 g/mol. The molecule has 0 bridgehead atoms. The van der Waals surface area contributed by atoms with Gasteiger partial charge in [-0.15, -0.1) is 0 Å². The summed E-state index contributed by atoms with van der Waals surface area (Å²) in [4.78, 5) is 47.1. The third-order valence-electron chi connectivity index (χ3n) is 2.41. The Labute approximate surface area is 122 Å². The van der Waals surface area contributed by atoms with Gasteiger partial charge in [0.15, 0.2) is 0 Å². The Bertz CT molecular complexity index is 595. The molecule has 1 heterocycles. The maximum Gasteiger partial charge on any atom is 0.225 e. The quantitative estimate of drug-likeness (QED) is 0.587. The lowest BCUT2D eigenvalue weighted by Gasteiger charge is -2.05. The minimum atomic E-state index is -0.566. The first-order valence-electron chi connectivity index (χ1n) is 6.01. The van der Waals surface area contributed by atoms with Crippen molar-refractivity contribution in [1.82, 2.24) is 15.0 Å². The van der Waals surface area contributed by atoms with E-state index in [0.29, 0.717) is 0 Å². The van der Waals surface area contributed by atoms with Crippen molar-refractivity contribution < 1.29 is 14.4 Å². The molecule has 108 valence electrons. The Balaban J connectivity index is 3.53. The summed E-state index contributed by atoms with van der Waals surface area (Å²) in [5.74, 6) is -2.60. The topological polar surface area (TPSA) is 89.9 Å². The molecular formula is C15H15N3O3. The molecule has 6 nitrogen and oxygen atoms in total. The molecule has 0 spiro atoms. The zero-order valence-electron chi connectivity index (χ0n) is 12.2. The Hall–Kier alpha value is -2.76. The summed E-state index contributed by atoms with van der Waals surface area (Å²) in [7, 11) is 0. The number of aromatic nitrogens is 3. The zero-order chi connectivity index (χ0) is 16.3. The number of nitrogens with zero attached hydrogens (tertiary/aromatic N) is 3. The molecule has 0 fully saturated rings. The first kappa shape index (κ1) is 16.3. The highest BCUT2D eigenvalue weighted by atomic mass is 16.1. The van der Waals surface area contributed by atoms with Crippen molar-refractivity contribution in [2.45, 2.75) is 20.8 Å². The molecule has 0 atom stereocenters. The van der Waals surface area contributed by atoms with E-state index in [1.807, 2.05) is 0 Å². The third-order valence-corrected chi connectivity index (χ3v) is 2.41. The van der Waals surface area contributed by atoms with Crippen molar-refractivity contribution in [3.8, 4) is 0 Å². The van der Waals surface area contributed by atoms with Gasteiger partial charge in [0, 0.05) is 0 Å². The Morgan fingerprint density at radius 1 is 0.619 bits per heavy atom. The molecule has 21 heavy (non-hydrogen) atoms. The second-order valence-corrected chi connectivity index (χ2v) is 4.63. The predicted molar refractivity (Wildman–Crippen MR) is 77.3 cm³/mol. The van der Waals surface area contributed by atoms with Crippen LogP contribution in [-0.2, 0) is 0 Å². The lowest BCUT2D eigenvalue weighted by Crippen LogP contribution is -2.19. The molecule has 0 aliphatic rings. The van der Waals surface area contributed by atoms with Crippen LogP contribution in [0, 0.1) is 0 Å². The number of hydrogen-bond acceptors (Lipinski definition) is 6. The molecule has 0 aliphatic carbocycles. The molecule has 0 radical (unpaired) electrons. The zero-order valence-corrected chi connectivity index (χ0v) is 12.2. The molecule has 0 amide bonds. The van der Waals surface area contributed by atoms with Crippen molar-refractivity contribution >= 4 is 17.3 Å². The average Bonchev–Trinajstić information content (AvgIpc) is 2.43. The first-order valence-corrected chi connectivity index (χ1v) is 6.01. The highest BCUT2D eigenvalue weighted by Crippen LogP contribution is 2.09. The summed E-state index contributed by atoms with van der Waals surface area (Å²) >= 11 is 0. The minimum Gasteiger partial charge on any atom is -0.285 e. The summed E-state index contributed by atoms with van der Waals surface area (Å²) in [5, 5.41) is 0. The molecule has 0 saturated carbocycles. The van der Waals surface area contributed by atoms with E-state index < -0.39 is 17.3 Å². The van der Waals surface area contributed by atoms with Crippen molar-refractivity contribution in [2.24, 2.45) is 0 Å². The maximum atomic E-state index is 11.9. The number of carbonyl (C=O) groups excluding carboxylic acids is 3. The Kier molecular flexibility index (Phi) is 4.75. The molecule has 0 saturated heterocycles. The molecule has 0 aromatic carbocycles. The molecule has 6 heteroatoms. The number of allylic oxidation sites excluding steroid dienone is 3. The van der Waals surface area contributed by atoms with Gasteiger partial charge in [-0.25, -0.2) is 15.0 Å². The van der Waals surface area contributed by atoms with Gasteiger partial charge < -0.3 is 0 Å².